The van der Waals surface area contributed by atoms with E-state index in [1.807, 2.05) is 6.92 Å². The van der Waals surface area contributed by atoms with Crippen molar-refractivity contribution in [1.29, 1.82) is 0 Å². The Morgan fingerprint density at radius 3 is 2.50 bits per heavy atom. The summed E-state index contributed by atoms with van der Waals surface area (Å²) < 4.78 is 11.3. The minimum atomic E-state index is 0.662. The van der Waals surface area contributed by atoms with Gasteiger partial charge in [0, 0.05) is 12.4 Å². The summed E-state index contributed by atoms with van der Waals surface area (Å²) in [5.41, 5.74) is 0. The van der Waals surface area contributed by atoms with E-state index in [2.05, 4.69) is 6.92 Å². The first-order chi connectivity index (χ1) is 7.81. The Kier molecular flexibility index (Phi) is 13.4. The van der Waals surface area contributed by atoms with Crippen LogP contribution in [0.1, 0.15) is 46.0 Å². The van der Waals surface area contributed by atoms with Crippen LogP contribution in [0.15, 0.2) is 0 Å². The van der Waals surface area contributed by atoms with Gasteiger partial charge >= 0.3 is 0 Å². The number of rotatable bonds is 10. The number of ether oxygens (including phenoxy) is 2. The Labute approximate surface area is 109 Å². The van der Waals surface area contributed by atoms with E-state index in [1.54, 1.807) is 11.8 Å². The number of thioether (sulfide) groups is 1. The second-order valence-corrected chi connectivity index (χ2v) is 5.25. The summed E-state index contributed by atoms with van der Waals surface area (Å²) >= 11 is 6.66. The summed E-state index contributed by atoms with van der Waals surface area (Å²) in [4.78, 5) is 0. The van der Waals surface area contributed by atoms with Gasteiger partial charge in [-0.05, 0) is 25.6 Å². The second-order valence-electron chi connectivity index (χ2n) is 3.56. The van der Waals surface area contributed by atoms with Crippen LogP contribution in [0.25, 0.3) is 0 Å². The number of hydrogen-bond donors (Lipinski definition) is 0. The van der Waals surface area contributed by atoms with E-state index in [9.17, 15) is 0 Å². The van der Waals surface area contributed by atoms with Gasteiger partial charge in [-0.1, -0.05) is 44.4 Å². The minimum Gasteiger partial charge on any atom is -0.479 e. The Morgan fingerprint density at radius 2 is 1.81 bits per heavy atom. The molecule has 0 heterocycles. The topological polar surface area (TPSA) is 18.5 Å². The smallest absolute Gasteiger partial charge is 0.220 e. The molecule has 0 rings (SSSR count). The van der Waals surface area contributed by atoms with Gasteiger partial charge in [-0.2, -0.15) is 0 Å². The molecule has 0 aromatic rings. The first kappa shape index (κ1) is 16.2. The number of hydrogen-bond acceptors (Lipinski definition) is 4. The van der Waals surface area contributed by atoms with E-state index in [4.69, 9.17) is 21.7 Å². The Balaban J connectivity index is 3.11. The summed E-state index contributed by atoms with van der Waals surface area (Å²) in [6.07, 6.45) is 6.29. The molecule has 16 heavy (non-hydrogen) atoms. The highest BCUT2D eigenvalue weighted by Crippen LogP contribution is 2.08. The van der Waals surface area contributed by atoms with Crippen molar-refractivity contribution in [2.24, 2.45) is 0 Å². The third-order valence-corrected chi connectivity index (χ3v) is 3.32. The summed E-state index contributed by atoms with van der Waals surface area (Å²) in [5.74, 6) is 0.891. The van der Waals surface area contributed by atoms with Crippen molar-refractivity contribution in [2.75, 3.05) is 25.6 Å². The van der Waals surface area contributed by atoms with E-state index in [0.29, 0.717) is 4.38 Å². The second kappa shape index (κ2) is 13.3. The third kappa shape index (κ3) is 12.3. The van der Waals surface area contributed by atoms with Crippen molar-refractivity contribution >= 4 is 28.4 Å². The van der Waals surface area contributed by atoms with Gasteiger partial charge in [-0.3, -0.25) is 0 Å². The molecule has 0 radical (unpaired) electrons. The molecule has 0 fully saturated rings. The quantitative estimate of drug-likeness (QED) is 0.438. The first-order valence-corrected chi connectivity index (χ1v) is 7.58. The molecular formula is C12H24O2S2. The monoisotopic (exact) mass is 264 g/mol. The lowest BCUT2D eigenvalue weighted by molar-refractivity contribution is 0.164. The average Bonchev–Trinajstić information content (AvgIpc) is 2.29. The van der Waals surface area contributed by atoms with Crippen LogP contribution in [-0.2, 0) is 9.47 Å². The summed E-state index contributed by atoms with van der Waals surface area (Å²) in [7, 11) is 0. The maximum absolute atomic E-state index is 5.44. The van der Waals surface area contributed by atoms with Gasteiger partial charge in [-0.25, -0.2) is 0 Å². The van der Waals surface area contributed by atoms with Gasteiger partial charge < -0.3 is 9.47 Å². The van der Waals surface area contributed by atoms with Crippen LogP contribution in [0.4, 0.5) is 0 Å². The molecule has 4 heteroatoms. The molecule has 0 amide bonds. The van der Waals surface area contributed by atoms with Crippen LogP contribution >= 0.6 is 24.0 Å². The highest BCUT2D eigenvalue weighted by molar-refractivity contribution is 8.22. The highest BCUT2D eigenvalue weighted by atomic mass is 32.2. The van der Waals surface area contributed by atoms with Gasteiger partial charge in [0.05, 0.1) is 13.2 Å². The molecule has 0 unspecified atom stereocenters. The molecule has 0 aromatic heterocycles. The van der Waals surface area contributed by atoms with E-state index >= 15 is 0 Å². The van der Waals surface area contributed by atoms with Gasteiger partial charge in [0.2, 0.25) is 4.38 Å². The fourth-order valence-electron chi connectivity index (χ4n) is 1.23. The molecule has 0 aromatic carbocycles. The Bertz CT molecular complexity index is 163. The van der Waals surface area contributed by atoms with Gasteiger partial charge in [-0.15, -0.1) is 0 Å². The number of thiocarbonyl (C=S) groups is 1. The highest BCUT2D eigenvalue weighted by Gasteiger charge is 1.98. The van der Waals surface area contributed by atoms with E-state index in [-0.39, 0.29) is 0 Å². The Hall–Kier alpha value is 0.200. The predicted octanol–water partition coefficient (Wildman–Crippen LogP) is 4.03. The zero-order valence-corrected chi connectivity index (χ0v) is 12.1. The Morgan fingerprint density at radius 1 is 1.06 bits per heavy atom. The van der Waals surface area contributed by atoms with Crippen LogP contribution in [0.5, 0.6) is 0 Å². The lowest BCUT2D eigenvalue weighted by Gasteiger charge is -2.06. The molecule has 0 N–H and O–H groups in total. The molecule has 0 aliphatic carbocycles. The normalized spacial score (nSPS) is 10.4. The van der Waals surface area contributed by atoms with Gasteiger partial charge in [0.15, 0.2) is 0 Å². The first-order valence-electron chi connectivity index (χ1n) is 6.18. The van der Waals surface area contributed by atoms with E-state index in [1.165, 1.54) is 25.7 Å². The molecule has 0 saturated heterocycles. The van der Waals surface area contributed by atoms with Crippen LogP contribution in [0.2, 0.25) is 0 Å². The third-order valence-electron chi connectivity index (χ3n) is 2.12. The van der Waals surface area contributed by atoms with Crippen LogP contribution in [0.3, 0.4) is 0 Å². The van der Waals surface area contributed by atoms with Crippen LogP contribution < -0.4 is 0 Å². The molecular weight excluding hydrogens is 240 g/mol. The largest absolute Gasteiger partial charge is 0.479 e. The van der Waals surface area contributed by atoms with Crippen molar-refractivity contribution in [3.8, 4) is 0 Å². The fourth-order valence-corrected chi connectivity index (χ4v) is 2.10. The van der Waals surface area contributed by atoms with Crippen LogP contribution in [-0.4, -0.2) is 30.0 Å². The minimum absolute atomic E-state index is 0.662. The van der Waals surface area contributed by atoms with Crippen molar-refractivity contribution in [2.45, 2.75) is 46.0 Å². The summed E-state index contributed by atoms with van der Waals surface area (Å²) in [6, 6.07) is 0. The predicted molar refractivity (Wildman–Crippen MR) is 76.3 cm³/mol. The van der Waals surface area contributed by atoms with Gasteiger partial charge in [0.1, 0.15) is 0 Å². The van der Waals surface area contributed by atoms with E-state index < -0.39 is 0 Å². The van der Waals surface area contributed by atoms with Crippen molar-refractivity contribution in [3.05, 3.63) is 0 Å². The van der Waals surface area contributed by atoms with Crippen molar-refractivity contribution in [3.63, 3.8) is 0 Å². The molecule has 0 bridgehead atoms. The van der Waals surface area contributed by atoms with Crippen LogP contribution in [0, 0.1) is 0 Å². The number of unbranched alkanes of at least 4 members (excludes halogenated alkanes) is 4. The molecule has 96 valence electrons. The average molecular weight is 264 g/mol. The standard InChI is InChI=1S/C12H24O2S2/c1-3-5-6-7-8-9-14-12(15)16-11-10-13-4-2/h3-11H2,1-2H3. The molecule has 0 spiro atoms. The van der Waals surface area contributed by atoms with Crippen molar-refractivity contribution < 1.29 is 9.47 Å². The SMILES string of the molecule is CCCCCCCOC(=S)SCCOCC. The molecule has 2 nitrogen and oxygen atoms in total. The van der Waals surface area contributed by atoms with E-state index in [0.717, 1.165) is 32.0 Å². The van der Waals surface area contributed by atoms with Crippen molar-refractivity contribution in [1.82, 2.24) is 0 Å². The summed E-state index contributed by atoms with van der Waals surface area (Å²) in [6.45, 7) is 6.51. The maximum atomic E-state index is 5.44. The molecule has 0 aliphatic heterocycles. The lowest BCUT2D eigenvalue weighted by Crippen LogP contribution is -2.03. The lowest BCUT2D eigenvalue weighted by atomic mass is 10.2. The fraction of sp³-hybridized carbons (Fsp3) is 0.917. The summed E-state index contributed by atoms with van der Waals surface area (Å²) in [5, 5.41) is 0. The maximum Gasteiger partial charge on any atom is 0.220 e. The molecule has 0 aliphatic rings. The molecule has 0 atom stereocenters. The zero-order valence-electron chi connectivity index (χ0n) is 10.5. The molecule has 0 saturated carbocycles. The zero-order chi connectivity index (χ0) is 12.1. The van der Waals surface area contributed by atoms with Gasteiger partial charge in [0.25, 0.3) is 0 Å².